The van der Waals surface area contributed by atoms with Crippen molar-refractivity contribution in [3.63, 3.8) is 0 Å². The molecule has 1 spiro atoms. The molecule has 3 aliphatic rings. The summed E-state index contributed by atoms with van der Waals surface area (Å²) in [6.45, 7) is 4.44. The molecule has 3 N–H and O–H groups in total. The number of carbonyl (C=O) groups is 3. The van der Waals surface area contributed by atoms with E-state index in [1.165, 1.54) is 0 Å². The van der Waals surface area contributed by atoms with Gasteiger partial charge < -0.3 is 25.4 Å². The highest BCUT2D eigenvalue weighted by Gasteiger charge is 2.54. The van der Waals surface area contributed by atoms with Gasteiger partial charge in [0.15, 0.2) is 0 Å². The van der Waals surface area contributed by atoms with Crippen LogP contribution in [0.25, 0.3) is 0 Å². The summed E-state index contributed by atoms with van der Waals surface area (Å²) in [4.78, 5) is 43.3. The number of hydrogen-bond acceptors (Lipinski definition) is 6. The van der Waals surface area contributed by atoms with E-state index in [4.69, 9.17) is 4.74 Å². The summed E-state index contributed by atoms with van der Waals surface area (Å²) in [5.41, 5.74) is -0.0475. The van der Waals surface area contributed by atoms with E-state index in [1.54, 1.807) is 36.2 Å². The van der Waals surface area contributed by atoms with Crippen LogP contribution >= 0.6 is 0 Å². The summed E-state index contributed by atoms with van der Waals surface area (Å²) in [5, 5.41) is 16.8. The highest BCUT2D eigenvalue weighted by molar-refractivity contribution is 6.00. The van der Waals surface area contributed by atoms with Gasteiger partial charge >= 0.3 is 0 Å². The van der Waals surface area contributed by atoms with Gasteiger partial charge in [-0.05, 0) is 74.6 Å². The molecule has 1 aliphatic carbocycles. The number of nitrogens with zero attached hydrogens (tertiary/aromatic N) is 2. The molecule has 2 saturated heterocycles. The maximum atomic E-state index is 13.8. The van der Waals surface area contributed by atoms with Crippen molar-refractivity contribution in [2.45, 2.75) is 82.0 Å². The SMILES string of the molecule is C/C=C/CN1C(=O)[C@@H](CC2(O)CCCCC2)NC(=O)C12CCN(Cc1ccc(Oc3ccc(C(=O)NC)cc3)cc1)CC2. The third-order valence-corrected chi connectivity index (χ3v) is 9.29. The second-order valence-corrected chi connectivity index (χ2v) is 12.2. The quantitative estimate of drug-likeness (QED) is 0.380. The van der Waals surface area contributed by atoms with Crippen LogP contribution in [-0.2, 0) is 16.1 Å². The molecule has 230 valence electrons. The number of carbonyl (C=O) groups excluding carboxylic acids is 3. The first-order chi connectivity index (χ1) is 20.7. The minimum absolute atomic E-state index is 0.0796. The average molecular weight is 589 g/mol. The fourth-order valence-corrected chi connectivity index (χ4v) is 6.74. The van der Waals surface area contributed by atoms with Crippen molar-refractivity contribution in [1.82, 2.24) is 20.4 Å². The van der Waals surface area contributed by atoms with Crippen LogP contribution in [0, 0.1) is 0 Å². The zero-order chi connectivity index (χ0) is 30.5. The Kier molecular flexibility index (Phi) is 9.52. The summed E-state index contributed by atoms with van der Waals surface area (Å²) < 4.78 is 5.95. The second-order valence-electron chi connectivity index (χ2n) is 12.2. The molecule has 1 saturated carbocycles. The number of ether oxygens (including phenoxy) is 1. The predicted octanol–water partition coefficient (Wildman–Crippen LogP) is 4.16. The third-order valence-electron chi connectivity index (χ3n) is 9.29. The second kappa shape index (κ2) is 13.3. The first-order valence-corrected chi connectivity index (χ1v) is 15.5. The Morgan fingerprint density at radius 3 is 2.23 bits per heavy atom. The lowest BCUT2D eigenvalue weighted by Gasteiger charge is -2.52. The fourth-order valence-electron chi connectivity index (χ4n) is 6.74. The van der Waals surface area contributed by atoms with Crippen LogP contribution in [0.15, 0.2) is 60.7 Å². The Bertz CT molecular complexity index is 1310. The molecule has 2 heterocycles. The number of benzene rings is 2. The van der Waals surface area contributed by atoms with E-state index in [0.717, 1.165) is 31.4 Å². The van der Waals surface area contributed by atoms with Crippen LogP contribution in [0.1, 0.15) is 74.2 Å². The fraction of sp³-hybridized carbons (Fsp3) is 0.500. The zero-order valence-electron chi connectivity index (χ0n) is 25.3. The van der Waals surface area contributed by atoms with E-state index in [1.807, 2.05) is 43.3 Å². The largest absolute Gasteiger partial charge is 0.457 e. The number of rotatable bonds is 9. The summed E-state index contributed by atoms with van der Waals surface area (Å²) in [5.74, 6) is 1.05. The van der Waals surface area contributed by atoms with Gasteiger partial charge in [0, 0.05) is 45.2 Å². The van der Waals surface area contributed by atoms with Gasteiger partial charge in [-0.15, -0.1) is 0 Å². The van der Waals surface area contributed by atoms with Gasteiger partial charge in [0.05, 0.1) is 5.60 Å². The highest BCUT2D eigenvalue weighted by atomic mass is 16.5. The van der Waals surface area contributed by atoms with Gasteiger partial charge in [-0.3, -0.25) is 19.3 Å². The molecule has 1 atom stereocenters. The van der Waals surface area contributed by atoms with Crippen molar-refractivity contribution >= 4 is 17.7 Å². The van der Waals surface area contributed by atoms with E-state index in [2.05, 4.69) is 15.5 Å². The van der Waals surface area contributed by atoms with Crippen LogP contribution in [0.3, 0.4) is 0 Å². The van der Waals surface area contributed by atoms with Crippen molar-refractivity contribution in [2.75, 3.05) is 26.7 Å². The molecule has 0 bridgehead atoms. The van der Waals surface area contributed by atoms with E-state index in [-0.39, 0.29) is 24.1 Å². The van der Waals surface area contributed by atoms with E-state index < -0.39 is 17.2 Å². The average Bonchev–Trinajstić information content (AvgIpc) is 3.02. The topological polar surface area (TPSA) is 111 Å². The summed E-state index contributed by atoms with van der Waals surface area (Å²) in [6, 6.07) is 14.3. The number of allylic oxidation sites excluding steroid dienone is 1. The van der Waals surface area contributed by atoms with Crippen molar-refractivity contribution in [2.24, 2.45) is 0 Å². The van der Waals surface area contributed by atoms with Gasteiger partial charge in [0.2, 0.25) is 11.8 Å². The molecule has 2 aromatic rings. The molecule has 43 heavy (non-hydrogen) atoms. The van der Waals surface area contributed by atoms with Crippen molar-refractivity contribution in [3.8, 4) is 11.5 Å². The molecule has 0 unspecified atom stereocenters. The summed E-state index contributed by atoms with van der Waals surface area (Å²) >= 11 is 0. The Hall–Kier alpha value is -3.69. The Balaban J connectivity index is 1.19. The van der Waals surface area contributed by atoms with Crippen LogP contribution < -0.4 is 15.4 Å². The number of likely N-dealkylation sites (tertiary alicyclic amines) is 1. The van der Waals surface area contributed by atoms with E-state index >= 15 is 0 Å². The minimum Gasteiger partial charge on any atom is -0.457 e. The van der Waals surface area contributed by atoms with Crippen LogP contribution in [0.2, 0.25) is 0 Å². The maximum Gasteiger partial charge on any atom is 0.251 e. The van der Waals surface area contributed by atoms with Gasteiger partial charge in [-0.1, -0.05) is 43.5 Å². The number of nitrogens with one attached hydrogen (secondary N) is 2. The minimum atomic E-state index is -0.885. The number of amides is 3. The molecule has 5 rings (SSSR count). The lowest BCUT2D eigenvalue weighted by atomic mass is 9.77. The van der Waals surface area contributed by atoms with Crippen molar-refractivity contribution < 1.29 is 24.2 Å². The lowest BCUT2D eigenvalue weighted by Crippen LogP contribution is -2.73. The van der Waals surface area contributed by atoms with Crippen LogP contribution in [0.5, 0.6) is 11.5 Å². The van der Waals surface area contributed by atoms with Crippen LogP contribution in [0.4, 0.5) is 0 Å². The Morgan fingerprint density at radius 2 is 1.63 bits per heavy atom. The zero-order valence-corrected chi connectivity index (χ0v) is 25.3. The maximum absolute atomic E-state index is 13.8. The van der Waals surface area contributed by atoms with Crippen molar-refractivity contribution in [1.29, 1.82) is 0 Å². The number of piperidine rings is 1. The molecule has 3 amide bonds. The van der Waals surface area contributed by atoms with Crippen molar-refractivity contribution in [3.05, 3.63) is 71.8 Å². The third kappa shape index (κ3) is 6.94. The molecule has 2 aromatic carbocycles. The smallest absolute Gasteiger partial charge is 0.251 e. The lowest BCUT2D eigenvalue weighted by molar-refractivity contribution is -0.162. The monoisotopic (exact) mass is 588 g/mol. The standard InChI is InChI=1S/C34H44N4O5/c1-3-4-20-38-31(40)29(23-33(42)16-6-5-7-17-33)36-32(41)34(38)18-21-37(22-19-34)24-25-8-12-27(13-9-25)43-28-14-10-26(11-15-28)30(39)35-2/h3-4,8-15,29,42H,5-7,16-24H2,1-2H3,(H,35,39)(H,36,41)/b4-3+/t29-/m1/s1. The molecule has 9 heteroatoms. The van der Waals surface area contributed by atoms with Gasteiger partial charge in [0.25, 0.3) is 5.91 Å². The number of aliphatic hydroxyl groups is 1. The van der Waals surface area contributed by atoms with Gasteiger partial charge in [0.1, 0.15) is 23.1 Å². The number of piperazine rings is 1. The first-order valence-electron chi connectivity index (χ1n) is 15.5. The predicted molar refractivity (Wildman–Crippen MR) is 165 cm³/mol. The Morgan fingerprint density at radius 1 is 1.00 bits per heavy atom. The highest BCUT2D eigenvalue weighted by Crippen LogP contribution is 2.37. The molecule has 2 aliphatic heterocycles. The van der Waals surface area contributed by atoms with Gasteiger partial charge in [-0.25, -0.2) is 0 Å². The molecular formula is C34H44N4O5. The Labute approximate surface area is 254 Å². The molecule has 9 nitrogen and oxygen atoms in total. The molecule has 0 radical (unpaired) electrons. The number of hydrogen-bond donors (Lipinski definition) is 3. The summed E-state index contributed by atoms with van der Waals surface area (Å²) in [7, 11) is 1.60. The van der Waals surface area contributed by atoms with Gasteiger partial charge in [-0.2, -0.15) is 0 Å². The van der Waals surface area contributed by atoms with Crippen LogP contribution in [-0.4, -0.2) is 76.5 Å². The molecule has 3 fully saturated rings. The summed E-state index contributed by atoms with van der Waals surface area (Å²) in [6.07, 6.45) is 9.65. The normalized spacial score (nSPS) is 22.0. The molecule has 0 aromatic heterocycles. The van der Waals surface area contributed by atoms with E-state index in [0.29, 0.717) is 62.4 Å². The first kappa shape index (κ1) is 30.8. The van der Waals surface area contributed by atoms with E-state index in [9.17, 15) is 19.5 Å². The molecular weight excluding hydrogens is 544 g/mol.